The number of carbonyl (C=O) groups excluding carboxylic acids is 2. The minimum Gasteiger partial charge on any atom is -0.395 e. The highest BCUT2D eigenvalue weighted by Gasteiger charge is 2.25. The molecular weight excluding hydrogens is 470 g/mol. The Morgan fingerprint density at radius 1 is 0.526 bits per heavy atom. The molecule has 0 aliphatic carbocycles. The Balaban J connectivity index is 3.89. The van der Waals surface area contributed by atoms with Crippen LogP contribution in [0.1, 0.15) is 187 Å². The van der Waals surface area contributed by atoms with E-state index in [9.17, 15) is 9.59 Å². The number of aliphatic hydroxyl groups excluding tert-OH is 1. The van der Waals surface area contributed by atoms with Gasteiger partial charge >= 0.3 is 0 Å². The number of aliphatic hydroxyl groups is 1. The zero-order valence-electron chi connectivity index (χ0n) is 25.8. The molecule has 0 radical (unpaired) electrons. The number of amides is 1. The molecule has 2 N–H and O–H groups in total. The summed E-state index contributed by atoms with van der Waals surface area (Å²) in [5.74, 6) is -0.602. The van der Waals surface area contributed by atoms with E-state index in [4.69, 9.17) is 5.11 Å². The van der Waals surface area contributed by atoms with E-state index in [1.807, 2.05) is 0 Å². The van der Waals surface area contributed by atoms with Crippen molar-refractivity contribution >= 4 is 11.7 Å². The summed E-state index contributed by atoms with van der Waals surface area (Å²) in [4.78, 5) is 25.4. The molecule has 0 saturated heterocycles. The second kappa shape index (κ2) is 30.6. The fourth-order valence-electron chi connectivity index (χ4n) is 5.42. The molecule has 0 aromatic heterocycles. The van der Waals surface area contributed by atoms with Crippen molar-refractivity contribution in [3.05, 3.63) is 0 Å². The maximum absolute atomic E-state index is 12.8. The van der Waals surface area contributed by atoms with Gasteiger partial charge in [0.2, 0.25) is 5.91 Å². The molecule has 0 bridgehead atoms. The van der Waals surface area contributed by atoms with Crippen LogP contribution in [-0.4, -0.2) is 29.9 Å². The molecule has 0 saturated carbocycles. The minimum atomic E-state index is -0.526. The molecule has 226 valence electrons. The van der Waals surface area contributed by atoms with E-state index in [0.717, 1.165) is 25.7 Å². The molecule has 1 amide bonds. The molecule has 38 heavy (non-hydrogen) atoms. The standard InChI is InChI=1S/C34H67NO3/c1-3-5-7-9-11-13-15-16-17-19-20-22-24-26-28-32(34(38)35-30-31-36)33(37)29-27-25-23-21-18-14-12-10-8-6-4-2/h32,36H,3-31H2,1-2H3,(H,35,38). The molecule has 0 aromatic rings. The molecule has 0 aliphatic rings. The van der Waals surface area contributed by atoms with Crippen molar-refractivity contribution in [3.63, 3.8) is 0 Å². The summed E-state index contributed by atoms with van der Waals surface area (Å²) in [5, 5.41) is 11.8. The lowest BCUT2D eigenvalue weighted by molar-refractivity contribution is -0.134. The molecule has 1 atom stereocenters. The van der Waals surface area contributed by atoms with Gasteiger partial charge in [-0.05, 0) is 12.8 Å². The number of hydrogen-bond acceptors (Lipinski definition) is 3. The first kappa shape index (κ1) is 37.1. The van der Waals surface area contributed by atoms with Crippen LogP contribution in [0, 0.1) is 5.92 Å². The first-order valence-electron chi connectivity index (χ1n) is 17.1. The van der Waals surface area contributed by atoms with Crippen LogP contribution in [-0.2, 0) is 9.59 Å². The van der Waals surface area contributed by atoms with Gasteiger partial charge in [-0.25, -0.2) is 0 Å². The Morgan fingerprint density at radius 3 is 1.24 bits per heavy atom. The maximum Gasteiger partial charge on any atom is 0.230 e. The van der Waals surface area contributed by atoms with Crippen LogP contribution in [0.3, 0.4) is 0 Å². The summed E-state index contributed by atoms with van der Waals surface area (Å²) in [5.41, 5.74) is 0. The summed E-state index contributed by atoms with van der Waals surface area (Å²) in [6.45, 7) is 4.69. The highest BCUT2D eigenvalue weighted by atomic mass is 16.3. The van der Waals surface area contributed by atoms with E-state index in [2.05, 4.69) is 19.2 Å². The second-order valence-electron chi connectivity index (χ2n) is 11.7. The van der Waals surface area contributed by atoms with Crippen LogP contribution in [0.4, 0.5) is 0 Å². The first-order chi connectivity index (χ1) is 18.7. The highest BCUT2D eigenvalue weighted by Crippen LogP contribution is 2.19. The van der Waals surface area contributed by atoms with Gasteiger partial charge in [0.25, 0.3) is 0 Å². The molecule has 1 unspecified atom stereocenters. The lowest BCUT2D eigenvalue weighted by atomic mass is 9.92. The average Bonchev–Trinajstić information content (AvgIpc) is 2.92. The second-order valence-corrected chi connectivity index (χ2v) is 11.7. The van der Waals surface area contributed by atoms with Gasteiger partial charge in [0.05, 0.1) is 12.5 Å². The predicted molar refractivity (Wildman–Crippen MR) is 165 cm³/mol. The largest absolute Gasteiger partial charge is 0.395 e. The SMILES string of the molecule is CCCCCCCCCCCCCCCCC(C(=O)CCCCCCCCCCCCC)C(=O)NCCO. The van der Waals surface area contributed by atoms with Crippen molar-refractivity contribution in [3.8, 4) is 0 Å². The summed E-state index contributed by atoms with van der Waals surface area (Å²) in [6.07, 6.45) is 33.4. The quantitative estimate of drug-likeness (QED) is 0.0683. The summed E-state index contributed by atoms with van der Waals surface area (Å²) in [7, 11) is 0. The average molecular weight is 538 g/mol. The van der Waals surface area contributed by atoms with Crippen LogP contribution in [0.25, 0.3) is 0 Å². The van der Waals surface area contributed by atoms with E-state index < -0.39 is 5.92 Å². The molecule has 4 heteroatoms. The van der Waals surface area contributed by atoms with Crippen molar-refractivity contribution in [1.29, 1.82) is 0 Å². The molecule has 0 fully saturated rings. The monoisotopic (exact) mass is 538 g/mol. The fourth-order valence-corrected chi connectivity index (χ4v) is 5.42. The topological polar surface area (TPSA) is 66.4 Å². The van der Waals surface area contributed by atoms with Crippen molar-refractivity contribution in [2.45, 2.75) is 187 Å². The normalized spacial score (nSPS) is 12.1. The van der Waals surface area contributed by atoms with E-state index >= 15 is 0 Å². The third-order valence-corrected chi connectivity index (χ3v) is 7.99. The first-order valence-corrected chi connectivity index (χ1v) is 17.1. The Kier molecular flexibility index (Phi) is 29.9. The van der Waals surface area contributed by atoms with E-state index in [0.29, 0.717) is 12.8 Å². The molecule has 0 rings (SSSR count). The van der Waals surface area contributed by atoms with Gasteiger partial charge in [-0.3, -0.25) is 9.59 Å². The van der Waals surface area contributed by atoms with E-state index in [1.165, 1.54) is 135 Å². The number of hydrogen-bond donors (Lipinski definition) is 2. The van der Waals surface area contributed by atoms with Gasteiger partial charge in [-0.15, -0.1) is 0 Å². The van der Waals surface area contributed by atoms with Gasteiger partial charge in [-0.1, -0.05) is 168 Å². The van der Waals surface area contributed by atoms with Gasteiger partial charge < -0.3 is 10.4 Å². The highest BCUT2D eigenvalue weighted by molar-refractivity contribution is 6.01. The van der Waals surface area contributed by atoms with Gasteiger partial charge in [0.15, 0.2) is 0 Å². The zero-order valence-corrected chi connectivity index (χ0v) is 25.8. The predicted octanol–water partition coefficient (Wildman–Crippen LogP) is 9.85. The summed E-state index contributed by atoms with van der Waals surface area (Å²) in [6, 6.07) is 0. The number of nitrogens with one attached hydrogen (secondary N) is 1. The molecular formula is C34H67NO3. The number of rotatable bonds is 31. The number of ketones is 1. The molecule has 0 spiro atoms. The van der Waals surface area contributed by atoms with Gasteiger partial charge in [0, 0.05) is 13.0 Å². The van der Waals surface area contributed by atoms with Crippen LogP contribution >= 0.6 is 0 Å². The van der Waals surface area contributed by atoms with Crippen molar-refractivity contribution in [2.75, 3.05) is 13.2 Å². The van der Waals surface area contributed by atoms with Crippen molar-refractivity contribution in [1.82, 2.24) is 5.32 Å². The Labute approximate surface area is 237 Å². The lowest BCUT2D eigenvalue weighted by Gasteiger charge is -2.15. The van der Waals surface area contributed by atoms with Crippen molar-refractivity contribution < 1.29 is 14.7 Å². The van der Waals surface area contributed by atoms with E-state index in [-0.39, 0.29) is 24.8 Å². The van der Waals surface area contributed by atoms with Gasteiger partial charge in [-0.2, -0.15) is 0 Å². The number of unbranched alkanes of at least 4 members (excludes halogenated alkanes) is 23. The zero-order chi connectivity index (χ0) is 27.9. The maximum atomic E-state index is 12.8. The van der Waals surface area contributed by atoms with E-state index in [1.54, 1.807) is 0 Å². The molecule has 0 aromatic carbocycles. The van der Waals surface area contributed by atoms with Crippen LogP contribution in [0.15, 0.2) is 0 Å². The van der Waals surface area contributed by atoms with Crippen LogP contribution in [0.2, 0.25) is 0 Å². The third-order valence-electron chi connectivity index (χ3n) is 7.99. The van der Waals surface area contributed by atoms with Gasteiger partial charge in [0.1, 0.15) is 5.78 Å². The number of Topliss-reactive ketones (excluding diaryl/α,β-unsaturated/α-hetero) is 1. The number of carbonyl (C=O) groups is 2. The van der Waals surface area contributed by atoms with Crippen molar-refractivity contribution in [2.24, 2.45) is 5.92 Å². The molecule has 0 aliphatic heterocycles. The Bertz CT molecular complexity index is 508. The summed E-state index contributed by atoms with van der Waals surface area (Å²) >= 11 is 0. The van der Waals surface area contributed by atoms with Crippen LogP contribution < -0.4 is 5.32 Å². The Hall–Kier alpha value is -0.900. The fraction of sp³-hybridized carbons (Fsp3) is 0.941. The molecule has 4 nitrogen and oxygen atoms in total. The third kappa shape index (κ3) is 25.4. The smallest absolute Gasteiger partial charge is 0.230 e. The summed E-state index contributed by atoms with van der Waals surface area (Å²) < 4.78 is 0. The Morgan fingerprint density at radius 2 is 0.868 bits per heavy atom. The molecule has 0 heterocycles. The minimum absolute atomic E-state index is 0.0793. The van der Waals surface area contributed by atoms with Crippen LogP contribution in [0.5, 0.6) is 0 Å². The lowest BCUT2D eigenvalue weighted by Crippen LogP contribution is -2.36.